The minimum Gasteiger partial charge on any atom is -0.399 e. The number of carbonyl (C=O) groups is 1. The number of hydrogen-bond acceptors (Lipinski definition) is 4. The Morgan fingerprint density at radius 1 is 0.917 bits per heavy atom. The molecule has 0 aliphatic carbocycles. The fourth-order valence-corrected chi connectivity index (χ4v) is 3.89. The van der Waals surface area contributed by atoms with Crippen molar-refractivity contribution >= 4 is 17.3 Å². The fourth-order valence-electron chi connectivity index (χ4n) is 3.89. The van der Waals surface area contributed by atoms with Gasteiger partial charge in [0.2, 0.25) is 0 Å². The van der Waals surface area contributed by atoms with E-state index in [0.717, 1.165) is 21.9 Å². The van der Waals surface area contributed by atoms with Crippen LogP contribution in [-0.2, 0) is 6.18 Å². The smallest absolute Gasteiger partial charge is 0.399 e. The first-order chi connectivity index (χ1) is 17.1. The van der Waals surface area contributed by atoms with Crippen LogP contribution in [0.4, 0.5) is 24.5 Å². The van der Waals surface area contributed by atoms with E-state index in [1.54, 1.807) is 30.3 Å². The van der Waals surface area contributed by atoms with E-state index in [1.807, 2.05) is 50.2 Å². The molecule has 1 unspecified atom stereocenters. The molecule has 0 aliphatic rings. The van der Waals surface area contributed by atoms with Crippen molar-refractivity contribution in [3.8, 4) is 5.69 Å². The molecule has 4 N–H and O–H groups in total. The van der Waals surface area contributed by atoms with E-state index in [2.05, 4.69) is 15.7 Å². The van der Waals surface area contributed by atoms with Crippen molar-refractivity contribution in [2.45, 2.75) is 32.1 Å². The summed E-state index contributed by atoms with van der Waals surface area (Å²) in [6.07, 6.45) is -4.72. The molecule has 0 spiro atoms. The van der Waals surface area contributed by atoms with Crippen LogP contribution in [0.1, 0.15) is 47.2 Å². The summed E-state index contributed by atoms with van der Waals surface area (Å²) in [5, 5.41) is 9.88. The van der Waals surface area contributed by atoms with Crippen molar-refractivity contribution in [2.24, 2.45) is 0 Å². The van der Waals surface area contributed by atoms with E-state index in [4.69, 9.17) is 5.73 Å². The van der Waals surface area contributed by atoms with Gasteiger partial charge in [-0.1, -0.05) is 48.5 Å². The van der Waals surface area contributed by atoms with Gasteiger partial charge in [-0.25, -0.2) is 4.68 Å². The van der Waals surface area contributed by atoms with E-state index in [1.165, 1.54) is 12.1 Å². The molecule has 0 saturated carbocycles. The average Bonchev–Trinajstić information content (AvgIpc) is 3.30. The van der Waals surface area contributed by atoms with Gasteiger partial charge in [0.05, 0.1) is 11.7 Å². The molecule has 0 aliphatic heterocycles. The molecule has 1 atom stereocenters. The summed E-state index contributed by atoms with van der Waals surface area (Å²) in [5.41, 5.74) is 7.32. The molecule has 1 heterocycles. The zero-order valence-corrected chi connectivity index (χ0v) is 19.8. The van der Waals surface area contributed by atoms with Crippen molar-refractivity contribution < 1.29 is 18.0 Å². The lowest BCUT2D eigenvalue weighted by molar-refractivity contribution is -0.141. The summed E-state index contributed by atoms with van der Waals surface area (Å²) >= 11 is 0. The molecule has 0 bridgehead atoms. The van der Waals surface area contributed by atoms with Crippen LogP contribution in [-0.4, -0.2) is 21.7 Å². The monoisotopic (exact) mass is 493 g/mol. The molecule has 3 aromatic carbocycles. The highest BCUT2D eigenvalue weighted by molar-refractivity contribution is 6.03. The fraction of sp³-hybridized carbons (Fsp3) is 0.185. The van der Waals surface area contributed by atoms with E-state index >= 15 is 0 Å². The summed E-state index contributed by atoms with van der Waals surface area (Å²) in [7, 11) is 0. The number of nitrogen functional groups attached to an aromatic ring is 1. The first-order valence-electron chi connectivity index (χ1n) is 11.4. The number of nitrogens with two attached hydrogens (primary N) is 1. The Hall–Kier alpha value is -4.11. The lowest BCUT2D eigenvalue weighted by Gasteiger charge is -2.23. The molecule has 4 rings (SSSR count). The van der Waals surface area contributed by atoms with Gasteiger partial charge in [0.1, 0.15) is 5.69 Å². The summed E-state index contributed by atoms with van der Waals surface area (Å²) in [5.74, 6) is -0.731. The molecular weight excluding hydrogens is 467 g/mol. The van der Waals surface area contributed by atoms with Crippen LogP contribution in [0.2, 0.25) is 0 Å². The second kappa shape index (κ2) is 10.2. The maximum atomic E-state index is 13.4. The topological polar surface area (TPSA) is 85.0 Å². The van der Waals surface area contributed by atoms with Gasteiger partial charge < -0.3 is 16.4 Å². The number of anilines is 2. The highest BCUT2D eigenvalue weighted by Crippen LogP contribution is 2.30. The normalized spacial score (nSPS) is 12.5. The van der Waals surface area contributed by atoms with Crippen molar-refractivity contribution in [1.29, 1.82) is 0 Å². The van der Waals surface area contributed by atoms with Crippen LogP contribution < -0.4 is 16.4 Å². The summed E-state index contributed by atoms with van der Waals surface area (Å²) in [6.45, 7) is 4.08. The number of nitrogens with one attached hydrogen (secondary N) is 2. The standard InChI is InChI=1S/C27H26F3N5O/c1-17(2)32-25(18-8-4-3-5-9-18)19-10-6-12-21(14-19)33-26(36)23-16-24(27(28,29)30)34-35(23)22-13-7-11-20(31)15-22/h3-17,25,32H,31H2,1-2H3,(H,33,36). The first-order valence-corrected chi connectivity index (χ1v) is 11.4. The summed E-state index contributed by atoms with van der Waals surface area (Å²) < 4.78 is 41.3. The van der Waals surface area contributed by atoms with Gasteiger partial charge in [-0.15, -0.1) is 0 Å². The largest absolute Gasteiger partial charge is 0.435 e. The number of rotatable bonds is 7. The minimum atomic E-state index is -4.72. The zero-order valence-electron chi connectivity index (χ0n) is 19.8. The quantitative estimate of drug-likeness (QED) is 0.284. The molecule has 0 fully saturated rings. The SMILES string of the molecule is CC(C)NC(c1ccccc1)c1cccc(NC(=O)c2cc(C(F)(F)F)nn2-c2cccc(N)c2)c1. The van der Waals surface area contributed by atoms with Gasteiger partial charge in [0, 0.05) is 23.5 Å². The molecule has 4 aromatic rings. The number of aromatic nitrogens is 2. The number of alkyl halides is 3. The van der Waals surface area contributed by atoms with Gasteiger partial charge in [-0.05, 0) is 55.3 Å². The first kappa shape index (κ1) is 25.0. The Balaban J connectivity index is 1.68. The van der Waals surface area contributed by atoms with Crippen LogP contribution in [0.25, 0.3) is 5.69 Å². The van der Waals surface area contributed by atoms with Gasteiger partial charge in [0.25, 0.3) is 5.91 Å². The molecule has 9 heteroatoms. The molecule has 186 valence electrons. The summed E-state index contributed by atoms with van der Waals surface area (Å²) in [6, 6.07) is 24.0. The predicted octanol–water partition coefficient (Wildman–Crippen LogP) is 5.81. The molecule has 36 heavy (non-hydrogen) atoms. The van der Waals surface area contributed by atoms with Gasteiger partial charge in [-0.2, -0.15) is 18.3 Å². The Labute approximate surface area is 206 Å². The Morgan fingerprint density at radius 2 is 1.61 bits per heavy atom. The lowest BCUT2D eigenvalue weighted by Crippen LogP contribution is -2.29. The van der Waals surface area contributed by atoms with Crippen LogP contribution in [0.5, 0.6) is 0 Å². The van der Waals surface area contributed by atoms with Crippen molar-refractivity contribution in [1.82, 2.24) is 15.1 Å². The number of benzene rings is 3. The minimum absolute atomic E-state index is 0.141. The van der Waals surface area contributed by atoms with E-state index in [9.17, 15) is 18.0 Å². The van der Waals surface area contributed by atoms with Gasteiger partial charge in [-0.3, -0.25) is 4.79 Å². The second-order valence-electron chi connectivity index (χ2n) is 8.66. The van der Waals surface area contributed by atoms with Gasteiger partial charge in [0.15, 0.2) is 5.69 Å². The van der Waals surface area contributed by atoms with Crippen LogP contribution in [0.3, 0.4) is 0 Å². The molecule has 0 saturated heterocycles. The van der Waals surface area contributed by atoms with E-state index in [0.29, 0.717) is 11.4 Å². The third-order valence-electron chi connectivity index (χ3n) is 5.46. The zero-order chi connectivity index (χ0) is 25.9. The molecule has 1 aromatic heterocycles. The number of amides is 1. The summed E-state index contributed by atoms with van der Waals surface area (Å²) in [4.78, 5) is 13.2. The highest BCUT2D eigenvalue weighted by Gasteiger charge is 2.36. The maximum absolute atomic E-state index is 13.4. The average molecular weight is 494 g/mol. The maximum Gasteiger partial charge on any atom is 0.435 e. The third-order valence-corrected chi connectivity index (χ3v) is 5.46. The Kier molecular flexibility index (Phi) is 7.12. The molecule has 0 radical (unpaired) electrons. The number of halogens is 3. The number of nitrogens with zero attached hydrogens (tertiary/aromatic N) is 2. The molecular formula is C27H26F3N5O. The molecule has 1 amide bonds. The van der Waals surface area contributed by atoms with Crippen molar-refractivity contribution in [3.05, 3.63) is 107 Å². The number of carbonyl (C=O) groups excluding carboxylic acids is 1. The Bertz CT molecular complexity index is 1350. The lowest BCUT2D eigenvalue weighted by atomic mass is 9.97. The molecule has 6 nitrogen and oxygen atoms in total. The highest BCUT2D eigenvalue weighted by atomic mass is 19.4. The predicted molar refractivity (Wildman–Crippen MR) is 134 cm³/mol. The second-order valence-corrected chi connectivity index (χ2v) is 8.66. The van der Waals surface area contributed by atoms with Crippen LogP contribution >= 0.6 is 0 Å². The van der Waals surface area contributed by atoms with E-state index < -0.39 is 17.8 Å². The van der Waals surface area contributed by atoms with Crippen molar-refractivity contribution in [3.63, 3.8) is 0 Å². The Morgan fingerprint density at radius 3 is 2.28 bits per heavy atom. The van der Waals surface area contributed by atoms with Crippen LogP contribution in [0.15, 0.2) is 84.9 Å². The third kappa shape index (κ3) is 5.75. The number of hydrogen-bond donors (Lipinski definition) is 3. The van der Waals surface area contributed by atoms with Gasteiger partial charge >= 0.3 is 6.18 Å². The van der Waals surface area contributed by atoms with Crippen LogP contribution in [0, 0.1) is 0 Å². The van der Waals surface area contributed by atoms with Crippen molar-refractivity contribution in [2.75, 3.05) is 11.1 Å². The van der Waals surface area contributed by atoms with E-state index in [-0.39, 0.29) is 23.5 Å².